The van der Waals surface area contributed by atoms with Crippen molar-refractivity contribution in [3.05, 3.63) is 41.5 Å². The predicted octanol–water partition coefficient (Wildman–Crippen LogP) is 7.82. The summed E-state index contributed by atoms with van der Waals surface area (Å²) in [6.45, 7) is 5.80. The first-order valence-electron chi connectivity index (χ1n) is 12.9. The maximum atomic E-state index is 14.9. The molecule has 2 unspecified atom stereocenters. The van der Waals surface area contributed by atoms with E-state index in [9.17, 15) is 8.78 Å². The monoisotopic (exact) mass is 446 g/mol. The van der Waals surface area contributed by atoms with E-state index < -0.39 is 11.6 Å². The Hall–Kier alpha value is -1.42. The maximum Gasteiger partial charge on any atom is 0.200 e. The number of ether oxygens (including phenoxy) is 2. The Morgan fingerprint density at radius 2 is 1.53 bits per heavy atom. The van der Waals surface area contributed by atoms with E-state index in [1.54, 1.807) is 12.1 Å². The summed E-state index contributed by atoms with van der Waals surface area (Å²) < 4.78 is 41.5. The van der Waals surface area contributed by atoms with Crippen LogP contribution in [0.25, 0.3) is 0 Å². The summed E-state index contributed by atoms with van der Waals surface area (Å²) in [6.07, 6.45) is 15.4. The van der Waals surface area contributed by atoms with Crippen LogP contribution in [-0.4, -0.2) is 19.3 Å². The van der Waals surface area contributed by atoms with Gasteiger partial charge in [0.2, 0.25) is 5.82 Å². The molecule has 178 valence electrons. The highest BCUT2D eigenvalue weighted by Gasteiger charge is 2.28. The van der Waals surface area contributed by atoms with Gasteiger partial charge in [-0.2, -0.15) is 4.39 Å². The molecule has 0 aliphatic heterocycles. The minimum atomic E-state index is -0.816. The Labute approximate surface area is 192 Å². The van der Waals surface area contributed by atoms with Gasteiger partial charge in [-0.25, -0.2) is 4.39 Å². The van der Waals surface area contributed by atoms with Crippen LogP contribution in [-0.2, 0) is 4.74 Å². The van der Waals surface area contributed by atoms with Gasteiger partial charge in [0.05, 0.1) is 19.3 Å². The fourth-order valence-electron chi connectivity index (χ4n) is 5.63. The molecule has 0 bridgehead atoms. The molecule has 3 aliphatic rings. The molecule has 0 heterocycles. The number of halogens is 2. The van der Waals surface area contributed by atoms with Crippen molar-refractivity contribution in [3.63, 3.8) is 0 Å². The van der Waals surface area contributed by atoms with Crippen LogP contribution in [0, 0.1) is 35.3 Å². The summed E-state index contributed by atoms with van der Waals surface area (Å²) in [5, 5.41) is 0. The van der Waals surface area contributed by atoms with Crippen molar-refractivity contribution in [1.82, 2.24) is 0 Å². The van der Waals surface area contributed by atoms with Gasteiger partial charge in [-0.15, -0.1) is 0 Å². The highest BCUT2D eigenvalue weighted by Crippen LogP contribution is 2.38. The van der Waals surface area contributed by atoms with Gasteiger partial charge < -0.3 is 9.47 Å². The van der Waals surface area contributed by atoms with Gasteiger partial charge in [0.1, 0.15) is 0 Å². The zero-order valence-electron chi connectivity index (χ0n) is 19.8. The first-order valence-corrected chi connectivity index (χ1v) is 12.9. The molecule has 0 spiro atoms. The summed E-state index contributed by atoms with van der Waals surface area (Å²) in [7, 11) is 0. The summed E-state index contributed by atoms with van der Waals surface area (Å²) in [5.41, 5.74) is 0.504. The van der Waals surface area contributed by atoms with Gasteiger partial charge in [0.25, 0.3) is 0 Å². The molecule has 0 N–H and O–H groups in total. The fraction of sp³-hybridized carbons (Fsp3) is 0.714. The normalized spacial score (nSPS) is 33.2. The molecule has 4 rings (SSSR count). The van der Waals surface area contributed by atoms with Crippen LogP contribution in [0.15, 0.2) is 24.3 Å². The molecule has 2 fully saturated rings. The largest absolute Gasteiger partial charge is 0.490 e. The molecule has 0 amide bonds. The van der Waals surface area contributed by atoms with Gasteiger partial charge in [-0.05, 0) is 86.7 Å². The first-order chi connectivity index (χ1) is 15.5. The second-order valence-corrected chi connectivity index (χ2v) is 10.7. The van der Waals surface area contributed by atoms with E-state index in [2.05, 4.69) is 26.0 Å². The van der Waals surface area contributed by atoms with Crippen LogP contribution < -0.4 is 4.74 Å². The molecule has 2 nitrogen and oxygen atoms in total. The lowest BCUT2D eigenvalue weighted by Gasteiger charge is -2.30. The second kappa shape index (κ2) is 11.1. The molecular weight excluding hydrogens is 406 g/mol. The van der Waals surface area contributed by atoms with Crippen LogP contribution in [0.1, 0.15) is 89.5 Å². The van der Waals surface area contributed by atoms with Crippen molar-refractivity contribution in [2.45, 2.75) is 90.1 Å². The molecule has 32 heavy (non-hydrogen) atoms. The summed E-state index contributed by atoms with van der Waals surface area (Å²) in [5.74, 6) is 1.04. The topological polar surface area (TPSA) is 18.5 Å². The molecule has 1 aromatic carbocycles. The third-order valence-electron chi connectivity index (χ3n) is 8.05. The maximum absolute atomic E-state index is 14.9. The third kappa shape index (κ3) is 6.12. The number of hydrogen-bond acceptors (Lipinski definition) is 2. The smallest absolute Gasteiger partial charge is 0.200 e. The van der Waals surface area contributed by atoms with E-state index in [0.717, 1.165) is 51.0 Å². The summed E-state index contributed by atoms with van der Waals surface area (Å²) >= 11 is 0. The summed E-state index contributed by atoms with van der Waals surface area (Å²) in [6, 6.07) is 3.38. The molecular formula is C28H40F2O2. The van der Waals surface area contributed by atoms with Crippen molar-refractivity contribution in [2.75, 3.05) is 13.2 Å². The highest BCUT2D eigenvalue weighted by atomic mass is 19.2. The minimum Gasteiger partial charge on any atom is -0.490 e. The lowest BCUT2D eigenvalue weighted by atomic mass is 9.82. The van der Waals surface area contributed by atoms with E-state index in [-0.39, 0.29) is 17.8 Å². The van der Waals surface area contributed by atoms with Gasteiger partial charge in [-0.1, -0.05) is 44.9 Å². The van der Waals surface area contributed by atoms with Crippen molar-refractivity contribution in [1.29, 1.82) is 0 Å². The number of benzene rings is 1. The van der Waals surface area contributed by atoms with Crippen LogP contribution in [0.2, 0.25) is 0 Å². The Bertz CT molecular complexity index is 761. The SMILES string of the molecule is CC1C=CC(COC2CCC(c3ccc(OCC4CCC(C)CC4)c(F)c3F)CC2)CC1. The van der Waals surface area contributed by atoms with E-state index >= 15 is 0 Å². The van der Waals surface area contributed by atoms with Crippen LogP contribution in [0.4, 0.5) is 8.78 Å². The van der Waals surface area contributed by atoms with Crippen LogP contribution in [0.5, 0.6) is 5.75 Å². The molecule has 3 aliphatic carbocycles. The standard InChI is InChI=1S/C28H40F2O2/c1-19-3-7-21(8-4-19)17-31-24-13-11-23(12-14-24)25-15-16-26(28(30)27(25)29)32-18-22-9-5-20(2)6-10-22/h3,7,15-16,19-24H,4-6,8-14,17-18H2,1-2H3. The van der Waals surface area contributed by atoms with Gasteiger partial charge in [0, 0.05) is 5.92 Å². The first kappa shape index (κ1) is 23.7. The Morgan fingerprint density at radius 1 is 0.781 bits per heavy atom. The molecule has 0 saturated heterocycles. The second-order valence-electron chi connectivity index (χ2n) is 10.7. The highest BCUT2D eigenvalue weighted by molar-refractivity contribution is 5.33. The predicted molar refractivity (Wildman–Crippen MR) is 125 cm³/mol. The van der Waals surface area contributed by atoms with Crippen molar-refractivity contribution >= 4 is 0 Å². The molecule has 0 aromatic heterocycles. The lowest BCUT2D eigenvalue weighted by Crippen LogP contribution is -2.24. The summed E-state index contributed by atoms with van der Waals surface area (Å²) in [4.78, 5) is 0. The third-order valence-corrected chi connectivity index (χ3v) is 8.05. The average Bonchev–Trinajstić information content (AvgIpc) is 2.81. The average molecular weight is 447 g/mol. The van der Waals surface area contributed by atoms with E-state index in [1.165, 1.54) is 25.7 Å². The number of rotatable bonds is 7. The zero-order valence-corrected chi connectivity index (χ0v) is 19.8. The molecule has 2 saturated carbocycles. The van der Waals surface area contributed by atoms with Crippen molar-refractivity contribution < 1.29 is 18.3 Å². The van der Waals surface area contributed by atoms with Crippen molar-refractivity contribution in [2.24, 2.45) is 23.7 Å². The number of hydrogen-bond donors (Lipinski definition) is 0. The fourth-order valence-corrected chi connectivity index (χ4v) is 5.63. The Morgan fingerprint density at radius 3 is 2.22 bits per heavy atom. The van der Waals surface area contributed by atoms with Crippen LogP contribution in [0.3, 0.4) is 0 Å². The lowest BCUT2D eigenvalue weighted by molar-refractivity contribution is 0.00920. The van der Waals surface area contributed by atoms with Crippen LogP contribution >= 0.6 is 0 Å². The Balaban J connectivity index is 1.25. The molecule has 2 atom stereocenters. The van der Waals surface area contributed by atoms with Gasteiger partial charge in [0.15, 0.2) is 11.6 Å². The number of allylic oxidation sites excluding steroid dienone is 1. The van der Waals surface area contributed by atoms with E-state index in [4.69, 9.17) is 9.47 Å². The molecule has 0 radical (unpaired) electrons. The van der Waals surface area contributed by atoms with Crippen molar-refractivity contribution in [3.8, 4) is 5.75 Å². The minimum absolute atomic E-state index is 0.0636. The zero-order chi connectivity index (χ0) is 22.5. The molecule has 1 aromatic rings. The molecule has 4 heteroatoms. The quantitative estimate of drug-likeness (QED) is 0.398. The van der Waals surface area contributed by atoms with Gasteiger partial charge >= 0.3 is 0 Å². The van der Waals surface area contributed by atoms with E-state index in [1.807, 2.05) is 0 Å². The van der Waals surface area contributed by atoms with E-state index in [0.29, 0.717) is 29.9 Å². The van der Waals surface area contributed by atoms with Gasteiger partial charge in [-0.3, -0.25) is 0 Å². The Kier molecular flexibility index (Phi) is 8.26.